The fraction of sp³-hybridized carbons (Fsp3) is 0.0769. The zero-order valence-corrected chi connectivity index (χ0v) is 11.3. The third kappa shape index (κ3) is 1.76. The topological polar surface area (TPSA) is 42.2 Å². The minimum Gasteiger partial charge on any atom is -0.387 e. The van der Waals surface area contributed by atoms with Gasteiger partial charge in [0.1, 0.15) is 10.4 Å². The summed E-state index contributed by atoms with van der Waals surface area (Å²) in [6.07, 6.45) is 5.57. The van der Waals surface area contributed by atoms with Crippen LogP contribution >= 0.6 is 15.9 Å². The highest BCUT2D eigenvalue weighted by Crippen LogP contribution is 2.27. The van der Waals surface area contributed by atoms with Gasteiger partial charge in [0.15, 0.2) is 0 Å². The number of rotatable bonds is 2. The number of anilines is 1. The van der Waals surface area contributed by atoms with Crippen LogP contribution in [0.15, 0.2) is 47.5 Å². The average molecular weight is 303 g/mol. The molecule has 0 amide bonds. The molecule has 90 valence electrons. The summed E-state index contributed by atoms with van der Waals surface area (Å²) in [4.78, 5) is 8.59. The van der Waals surface area contributed by atoms with E-state index in [1.165, 1.54) is 0 Å². The van der Waals surface area contributed by atoms with Gasteiger partial charge in [-0.25, -0.2) is 4.98 Å². The third-order valence-corrected chi connectivity index (χ3v) is 3.40. The van der Waals surface area contributed by atoms with Crippen molar-refractivity contribution in [2.45, 2.75) is 0 Å². The van der Waals surface area contributed by atoms with Crippen LogP contribution in [0.25, 0.3) is 16.9 Å². The van der Waals surface area contributed by atoms with Crippen molar-refractivity contribution < 1.29 is 0 Å². The van der Waals surface area contributed by atoms with Crippen LogP contribution in [-0.4, -0.2) is 21.4 Å². The molecule has 3 rings (SSSR count). The highest BCUT2D eigenvalue weighted by atomic mass is 79.9. The molecule has 3 aromatic rings. The van der Waals surface area contributed by atoms with Crippen molar-refractivity contribution in [3.63, 3.8) is 0 Å². The number of hydrogen-bond acceptors (Lipinski definition) is 3. The number of nitrogens with one attached hydrogen (secondary N) is 1. The largest absolute Gasteiger partial charge is 0.387 e. The van der Waals surface area contributed by atoms with Crippen LogP contribution in [-0.2, 0) is 0 Å². The first-order chi connectivity index (χ1) is 8.79. The van der Waals surface area contributed by atoms with Crippen molar-refractivity contribution in [2.75, 3.05) is 12.4 Å². The number of nitrogens with zero attached hydrogens (tertiary/aromatic N) is 3. The second-order valence-corrected chi connectivity index (χ2v) is 4.64. The highest BCUT2D eigenvalue weighted by Gasteiger charge is 2.10. The molecule has 0 spiro atoms. The van der Waals surface area contributed by atoms with E-state index in [2.05, 4.69) is 35.6 Å². The summed E-state index contributed by atoms with van der Waals surface area (Å²) in [5, 5.41) is 3.13. The zero-order chi connectivity index (χ0) is 12.5. The molecule has 0 aliphatic carbocycles. The van der Waals surface area contributed by atoms with Crippen LogP contribution in [0.1, 0.15) is 0 Å². The van der Waals surface area contributed by atoms with E-state index in [0.717, 1.165) is 27.2 Å². The Hall–Kier alpha value is -1.88. The van der Waals surface area contributed by atoms with Gasteiger partial charge in [0.2, 0.25) is 0 Å². The fourth-order valence-corrected chi connectivity index (χ4v) is 2.39. The van der Waals surface area contributed by atoms with Crippen molar-refractivity contribution in [1.82, 2.24) is 14.4 Å². The van der Waals surface area contributed by atoms with E-state index in [9.17, 15) is 0 Å². The molecule has 0 atom stereocenters. The van der Waals surface area contributed by atoms with E-state index in [-0.39, 0.29) is 0 Å². The van der Waals surface area contributed by atoms with Gasteiger partial charge in [0, 0.05) is 31.2 Å². The zero-order valence-electron chi connectivity index (χ0n) is 9.76. The van der Waals surface area contributed by atoms with E-state index in [0.29, 0.717) is 0 Å². The fourth-order valence-electron chi connectivity index (χ4n) is 1.90. The van der Waals surface area contributed by atoms with Crippen LogP contribution in [0, 0.1) is 0 Å². The monoisotopic (exact) mass is 302 g/mol. The van der Waals surface area contributed by atoms with Crippen LogP contribution in [0.4, 0.5) is 5.69 Å². The van der Waals surface area contributed by atoms with Crippen LogP contribution in [0.3, 0.4) is 0 Å². The molecule has 0 aliphatic rings. The first kappa shape index (κ1) is 11.2. The molecule has 3 aromatic heterocycles. The van der Waals surface area contributed by atoms with Crippen LogP contribution in [0.2, 0.25) is 0 Å². The van der Waals surface area contributed by atoms with Crippen molar-refractivity contribution >= 4 is 27.1 Å². The number of imidazole rings is 1. The molecular formula is C13H11BrN4. The van der Waals surface area contributed by atoms with E-state index in [1.807, 2.05) is 37.5 Å². The lowest BCUT2D eigenvalue weighted by Gasteiger charge is -2.04. The molecule has 0 radical (unpaired) electrons. The lowest BCUT2D eigenvalue weighted by atomic mass is 10.2. The number of hydrogen-bond donors (Lipinski definition) is 1. The third-order valence-electron chi connectivity index (χ3n) is 2.82. The Bertz CT molecular complexity index is 691. The average Bonchev–Trinajstić information content (AvgIpc) is 2.76. The second kappa shape index (κ2) is 4.42. The molecular weight excluding hydrogens is 292 g/mol. The van der Waals surface area contributed by atoms with Gasteiger partial charge in [-0.05, 0) is 40.2 Å². The van der Waals surface area contributed by atoms with Crippen LogP contribution < -0.4 is 5.32 Å². The van der Waals surface area contributed by atoms with E-state index >= 15 is 0 Å². The summed E-state index contributed by atoms with van der Waals surface area (Å²) in [5.74, 6) is 0.899. The number of halogens is 1. The summed E-state index contributed by atoms with van der Waals surface area (Å²) >= 11 is 3.49. The molecule has 0 aromatic carbocycles. The SMILES string of the molecule is CNc1ccc2c(Br)nc(-c3ccncc3)n2c1. The molecule has 1 N–H and O–H groups in total. The van der Waals surface area contributed by atoms with E-state index in [4.69, 9.17) is 0 Å². The minimum absolute atomic E-state index is 0.844. The molecule has 3 heterocycles. The summed E-state index contributed by atoms with van der Waals surface area (Å²) in [7, 11) is 1.90. The molecule has 0 saturated carbocycles. The lowest BCUT2D eigenvalue weighted by Crippen LogP contribution is -1.93. The number of fused-ring (bicyclic) bond motifs is 1. The Morgan fingerprint density at radius 3 is 2.67 bits per heavy atom. The lowest BCUT2D eigenvalue weighted by molar-refractivity contribution is 1.15. The van der Waals surface area contributed by atoms with Gasteiger partial charge in [0.05, 0.1) is 11.2 Å². The maximum absolute atomic E-state index is 4.56. The standard InChI is InChI=1S/C13H11BrN4/c1-15-10-2-3-11-12(14)17-13(18(11)8-10)9-4-6-16-7-5-9/h2-8,15H,1H3. The summed E-state index contributed by atoms with van der Waals surface area (Å²) in [6, 6.07) is 7.96. The molecule has 4 nitrogen and oxygen atoms in total. The predicted molar refractivity (Wildman–Crippen MR) is 75.7 cm³/mol. The molecule has 0 saturated heterocycles. The van der Waals surface area contributed by atoms with Gasteiger partial charge < -0.3 is 5.32 Å². The highest BCUT2D eigenvalue weighted by molar-refractivity contribution is 9.10. The van der Waals surface area contributed by atoms with Gasteiger partial charge >= 0.3 is 0 Å². The maximum Gasteiger partial charge on any atom is 0.146 e. The van der Waals surface area contributed by atoms with Crippen molar-refractivity contribution in [3.05, 3.63) is 47.5 Å². The van der Waals surface area contributed by atoms with Crippen molar-refractivity contribution in [3.8, 4) is 11.4 Å². The molecule has 18 heavy (non-hydrogen) atoms. The number of aromatic nitrogens is 3. The van der Waals surface area contributed by atoms with Gasteiger partial charge in [-0.15, -0.1) is 0 Å². The summed E-state index contributed by atoms with van der Waals surface area (Å²) in [6.45, 7) is 0. The molecule has 0 unspecified atom stereocenters. The minimum atomic E-state index is 0.844. The van der Waals surface area contributed by atoms with Gasteiger partial charge in [0.25, 0.3) is 0 Å². The first-order valence-corrected chi connectivity index (χ1v) is 6.34. The number of pyridine rings is 2. The Morgan fingerprint density at radius 2 is 1.94 bits per heavy atom. The van der Waals surface area contributed by atoms with E-state index in [1.54, 1.807) is 12.4 Å². The maximum atomic E-state index is 4.56. The van der Waals surface area contributed by atoms with Crippen molar-refractivity contribution in [2.24, 2.45) is 0 Å². The normalized spacial score (nSPS) is 10.8. The quantitative estimate of drug-likeness (QED) is 0.790. The Labute approximate surface area is 113 Å². The molecule has 0 aliphatic heterocycles. The second-order valence-electron chi connectivity index (χ2n) is 3.89. The first-order valence-electron chi connectivity index (χ1n) is 5.55. The molecule has 5 heteroatoms. The Balaban J connectivity index is 2.29. The summed E-state index contributed by atoms with van der Waals surface area (Å²) < 4.78 is 2.91. The molecule has 0 fully saturated rings. The van der Waals surface area contributed by atoms with Gasteiger partial charge in [-0.1, -0.05) is 0 Å². The van der Waals surface area contributed by atoms with Crippen molar-refractivity contribution in [1.29, 1.82) is 0 Å². The Morgan fingerprint density at radius 1 is 1.17 bits per heavy atom. The van der Waals surface area contributed by atoms with Gasteiger partial charge in [-0.3, -0.25) is 9.38 Å². The summed E-state index contributed by atoms with van der Waals surface area (Å²) in [5.41, 5.74) is 3.13. The van der Waals surface area contributed by atoms with Gasteiger partial charge in [-0.2, -0.15) is 0 Å². The predicted octanol–water partition coefficient (Wildman–Crippen LogP) is 3.20. The van der Waals surface area contributed by atoms with Crippen LogP contribution in [0.5, 0.6) is 0 Å². The Kier molecular flexibility index (Phi) is 2.76. The smallest absolute Gasteiger partial charge is 0.146 e. The van der Waals surface area contributed by atoms with E-state index < -0.39 is 0 Å². The molecule has 0 bridgehead atoms.